The van der Waals surface area contributed by atoms with E-state index < -0.39 is 58.9 Å². The average Bonchev–Trinajstić information content (AvgIpc) is 3.10. The van der Waals surface area contributed by atoms with Crippen LogP contribution in [0.5, 0.6) is 0 Å². The van der Waals surface area contributed by atoms with Gasteiger partial charge in [-0.1, -0.05) is 17.7 Å². The second-order valence-electron chi connectivity index (χ2n) is 8.78. The molecule has 1 saturated heterocycles. The minimum absolute atomic E-state index is 0.0575. The van der Waals surface area contributed by atoms with Crippen molar-refractivity contribution in [2.75, 3.05) is 14.2 Å². The van der Waals surface area contributed by atoms with Crippen LogP contribution in [-0.2, 0) is 33.4 Å². The van der Waals surface area contributed by atoms with Gasteiger partial charge >= 0.3 is 11.9 Å². The van der Waals surface area contributed by atoms with Crippen molar-refractivity contribution in [1.29, 1.82) is 0 Å². The van der Waals surface area contributed by atoms with Crippen molar-refractivity contribution in [3.63, 3.8) is 0 Å². The van der Waals surface area contributed by atoms with Gasteiger partial charge < -0.3 is 14.2 Å². The molecule has 0 spiro atoms. The summed E-state index contributed by atoms with van der Waals surface area (Å²) in [6, 6.07) is 0. The number of Topliss-reactive ketones (excluding diaryl/α,β-unsaturated/α-hetero) is 2. The highest BCUT2D eigenvalue weighted by Crippen LogP contribution is 2.60. The number of ether oxygens (including phenoxy) is 3. The molecule has 0 aromatic rings. The Morgan fingerprint density at radius 1 is 1.17 bits per heavy atom. The Labute approximate surface area is 169 Å². The number of carbonyl (C=O) groups is 4. The Bertz CT molecular complexity index is 868. The van der Waals surface area contributed by atoms with Gasteiger partial charge in [0.15, 0.2) is 17.0 Å². The largest absolute Gasteiger partial charge is 0.468 e. The number of fused-ring (bicyclic) bond motifs is 2. The number of ketones is 2. The van der Waals surface area contributed by atoms with E-state index in [2.05, 4.69) is 6.58 Å². The van der Waals surface area contributed by atoms with E-state index in [0.29, 0.717) is 18.4 Å². The minimum Gasteiger partial charge on any atom is -0.468 e. The van der Waals surface area contributed by atoms with E-state index in [1.165, 1.54) is 14.2 Å². The zero-order valence-electron chi connectivity index (χ0n) is 17.2. The molecular formula is C22H26O7. The van der Waals surface area contributed by atoms with Crippen LogP contribution in [0, 0.1) is 29.1 Å². The molecule has 2 saturated carbocycles. The van der Waals surface area contributed by atoms with E-state index >= 15 is 0 Å². The molecule has 156 valence electrons. The molecule has 7 unspecified atom stereocenters. The molecule has 0 amide bonds. The number of hydrogen-bond acceptors (Lipinski definition) is 7. The molecule has 1 heterocycles. The average molecular weight is 402 g/mol. The molecule has 0 aromatic heterocycles. The predicted octanol–water partition coefficient (Wildman–Crippen LogP) is 1.79. The first-order valence-corrected chi connectivity index (χ1v) is 9.94. The summed E-state index contributed by atoms with van der Waals surface area (Å²) in [6.45, 7) is 7.65. The molecular weight excluding hydrogens is 376 g/mol. The molecule has 7 nitrogen and oxygen atoms in total. The first kappa shape index (κ1) is 20.0. The first-order chi connectivity index (χ1) is 13.7. The van der Waals surface area contributed by atoms with Crippen molar-refractivity contribution < 1.29 is 33.4 Å². The Morgan fingerprint density at radius 3 is 2.45 bits per heavy atom. The maximum Gasteiger partial charge on any atom is 0.322 e. The summed E-state index contributed by atoms with van der Waals surface area (Å²) in [5.74, 6) is -4.26. The van der Waals surface area contributed by atoms with Crippen LogP contribution in [-0.4, -0.2) is 49.9 Å². The number of allylic oxidation sites excluding steroid dienone is 1. The highest BCUT2D eigenvalue weighted by atomic mass is 16.6. The zero-order valence-corrected chi connectivity index (χ0v) is 17.2. The van der Waals surface area contributed by atoms with Gasteiger partial charge in [0.2, 0.25) is 0 Å². The van der Waals surface area contributed by atoms with Crippen LogP contribution in [0.2, 0.25) is 0 Å². The van der Waals surface area contributed by atoms with Crippen LogP contribution in [0.25, 0.3) is 0 Å². The molecule has 4 rings (SSSR count). The van der Waals surface area contributed by atoms with Gasteiger partial charge in [-0.15, -0.1) is 0 Å². The fourth-order valence-corrected chi connectivity index (χ4v) is 6.20. The lowest BCUT2D eigenvalue weighted by molar-refractivity contribution is -0.183. The quantitative estimate of drug-likeness (QED) is 0.403. The molecule has 3 fully saturated rings. The van der Waals surface area contributed by atoms with Crippen LogP contribution in [0.1, 0.15) is 33.1 Å². The third kappa shape index (κ3) is 2.40. The van der Waals surface area contributed by atoms with Crippen LogP contribution in [0.15, 0.2) is 23.3 Å². The number of rotatable bonds is 3. The zero-order chi connectivity index (χ0) is 21.2. The second kappa shape index (κ2) is 6.62. The van der Waals surface area contributed by atoms with Gasteiger partial charge in [-0.3, -0.25) is 19.2 Å². The SMILES string of the molecule is C=C(C)C1CC(=O)C2(C(=O)OC)C(OC)C(=O)C3=C(C)CC4OC(=O)C(C34)C2C1. The lowest BCUT2D eigenvalue weighted by Crippen LogP contribution is -2.61. The Kier molecular flexibility index (Phi) is 4.57. The van der Waals surface area contributed by atoms with Crippen molar-refractivity contribution in [3.05, 3.63) is 23.3 Å². The molecule has 0 aromatic carbocycles. The third-order valence-electron chi connectivity index (χ3n) is 7.45. The number of esters is 2. The lowest BCUT2D eigenvalue weighted by Gasteiger charge is -2.46. The highest BCUT2D eigenvalue weighted by molar-refractivity contribution is 6.15. The fraction of sp³-hybridized carbons (Fsp3) is 0.636. The van der Waals surface area contributed by atoms with Crippen molar-refractivity contribution >= 4 is 23.5 Å². The summed E-state index contributed by atoms with van der Waals surface area (Å²) in [6.07, 6.45) is -0.834. The van der Waals surface area contributed by atoms with Crippen LogP contribution in [0.4, 0.5) is 0 Å². The maximum atomic E-state index is 13.6. The topological polar surface area (TPSA) is 96.0 Å². The molecule has 0 N–H and O–H groups in total. The smallest absolute Gasteiger partial charge is 0.322 e. The van der Waals surface area contributed by atoms with Gasteiger partial charge in [0.05, 0.1) is 13.0 Å². The van der Waals surface area contributed by atoms with Gasteiger partial charge in [0.25, 0.3) is 0 Å². The Balaban J connectivity index is 2.01. The van der Waals surface area contributed by atoms with Gasteiger partial charge in [0.1, 0.15) is 12.2 Å². The molecule has 0 radical (unpaired) electrons. The van der Waals surface area contributed by atoms with Crippen LogP contribution >= 0.6 is 0 Å². The van der Waals surface area contributed by atoms with E-state index in [1.54, 1.807) is 0 Å². The number of hydrogen-bond donors (Lipinski definition) is 0. The summed E-state index contributed by atoms with van der Waals surface area (Å²) in [4.78, 5) is 53.3. The molecule has 29 heavy (non-hydrogen) atoms. The van der Waals surface area contributed by atoms with Crippen molar-refractivity contribution in [1.82, 2.24) is 0 Å². The molecule has 3 aliphatic carbocycles. The summed E-state index contributed by atoms with van der Waals surface area (Å²) in [7, 11) is 2.51. The third-order valence-corrected chi connectivity index (χ3v) is 7.45. The molecule has 7 atom stereocenters. The van der Waals surface area contributed by atoms with Gasteiger partial charge in [-0.05, 0) is 32.1 Å². The van der Waals surface area contributed by atoms with Gasteiger partial charge in [-0.25, -0.2) is 0 Å². The van der Waals surface area contributed by atoms with E-state index in [1.807, 2.05) is 13.8 Å². The summed E-state index contributed by atoms with van der Waals surface area (Å²) in [5, 5.41) is 0. The van der Waals surface area contributed by atoms with E-state index in [0.717, 1.165) is 11.1 Å². The summed E-state index contributed by atoms with van der Waals surface area (Å²) in [5.41, 5.74) is 0.257. The number of methoxy groups -OCH3 is 2. The van der Waals surface area contributed by atoms with E-state index in [9.17, 15) is 19.2 Å². The second-order valence-corrected chi connectivity index (χ2v) is 8.78. The summed E-state index contributed by atoms with van der Waals surface area (Å²) < 4.78 is 16.2. The van der Waals surface area contributed by atoms with Crippen LogP contribution in [0.3, 0.4) is 0 Å². The fourth-order valence-electron chi connectivity index (χ4n) is 6.20. The van der Waals surface area contributed by atoms with Crippen molar-refractivity contribution in [2.24, 2.45) is 29.1 Å². The van der Waals surface area contributed by atoms with E-state index in [4.69, 9.17) is 14.2 Å². The maximum absolute atomic E-state index is 13.6. The van der Waals surface area contributed by atoms with Crippen LogP contribution < -0.4 is 0 Å². The first-order valence-electron chi connectivity index (χ1n) is 9.94. The van der Waals surface area contributed by atoms with Gasteiger partial charge in [-0.2, -0.15) is 0 Å². The lowest BCUT2D eigenvalue weighted by atomic mass is 9.55. The Hall–Kier alpha value is -2.28. The molecule has 1 aliphatic heterocycles. The summed E-state index contributed by atoms with van der Waals surface area (Å²) >= 11 is 0. The predicted molar refractivity (Wildman–Crippen MR) is 100 cm³/mol. The normalized spacial score (nSPS) is 40.9. The highest BCUT2D eigenvalue weighted by Gasteiger charge is 2.72. The minimum atomic E-state index is -1.86. The van der Waals surface area contributed by atoms with Gasteiger partial charge in [0, 0.05) is 31.4 Å². The Morgan fingerprint density at radius 2 is 1.86 bits per heavy atom. The number of carbonyl (C=O) groups excluding carboxylic acids is 4. The van der Waals surface area contributed by atoms with E-state index in [-0.39, 0.29) is 12.3 Å². The van der Waals surface area contributed by atoms with Crippen molar-refractivity contribution in [3.8, 4) is 0 Å². The molecule has 4 aliphatic rings. The standard InChI is InChI=1S/C22H26O7/c1-9(2)11-7-12-16-17-13(29-20(16)25)6-10(3)15(17)18(24)19(27-4)22(12,14(23)8-11)21(26)28-5/h11-13,16-17,19H,1,6-8H2,2-5H3. The monoisotopic (exact) mass is 402 g/mol. The van der Waals surface area contributed by atoms with Crippen molar-refractivity contribution in [2.45, 2.75) is 45.3 Å². The molecule has 0 bridgehead atoms. The molecule has 7 heteroatoms.